The maximum Gasteiger partial charge on any atom is 0.339 e. The van der Waals surface area contributed by atoms with Crippen LogP contribution < -0.4 is 5.32 Å². The molecule has 1 saturated carbocycles. The second-order valence-corrected chi connectivity index (χ2v) is 6.33. The number of hydrogen-bond acceptors (Lipinski definition) is 3. The highest BCUT2D eigenvalue weighted by atomic mass is 16.4. The summed E-state index contributed by atoms with van der Waals surface area (Å²) in [5, 5.41) is 12.5. The largest absolute Gasteiger partial charge is 0.478 e. The lowest BCUT2D eigenvalue weighted by molar-refractivity contribution is 0.0695. The lowest BCUT2D eigenvalue weighted by Crippen LogP contribution is -2.36. The van der Waals surface area contributed by atoms with E-state index in [2.05, 4.69) is 19.2 Å². The third-order valence-electron chi connectivity index (χ3n) is 3.97. The minimum absolute atomic E-state index is 0.265. The van der Waals surface area contributed by atoms with Crippen molar-refractivity contribution in [3.05, 3.63) is 23.2 Å². The molecule has 0 radical (unpaired) electrons. The van der Waals surface area contributed by atoms with Crippen molar-refractivity contribution in [3.8, 4) is 0 Å². The zero-order valence-electron chi connectivity index (χ0n) is 12.0. The molecule has 1 fully saturated rings. The van der Waals surface area contributed by atoms with Crippen LogP contribution in [0.2, 0.25) is 0 Å². The Labute approximate surface area is 114 Å². The summed E-state index contributed by atoms with van der Waals surface area (Å²) in [6.45, 7) is 6.91. The molecule has 0 spiro atoms. The average molecular weight is 265 g/mol. The molecule has 1 unspecified atom stereocenters. The summed E-state index contributed by atoms with van der Waals surface area (Å²) in [5.74, 6) is 0.262. The van der Waals surface area contributed by atoms with Gasteiger partial charge in [-0.05, 0) is 37.7 Å². The molecule has 106 valence electrons. The van der Waals surface area contributed by atoms with Gasteiger partial charge in [-0.25, -0.2) is 4.79 Å². The zero-order chi connectivity index (χ0) is 14.0. The van der Waals surface area contributed by atoms with Crippen molar-refractivity contribution in [2.45, 2.75) is 59.0 Å². The molecule has 1 aliphatic carbocycles. The second kappa shape index (κ2) is 5.37. The van der Waals surface area contributed by atoms with Gasteiger partial charge in [0, 0.05) is 6.04 Å². The van der Waals surface area contributed by atoms with Gasteiger partial charge in [0.25, 0.3) is 0 Å². The number of hydrogen-bond donors (Lipinski definition) is 2. The molecule has 2 rings (SSSR count). The van der Waals surface area contributed by atoms with Gasteiger partial charge >= 0.3 is 5.97 Å². The quantitative estimate of drug-likeness (QED) is 0.876. The van der Waals surface area contributed by atoms with E-state index in [1.165, 1.54) is 25.7 Å². The van der Waals surface area contributed by atoms with Crippen LogP contribution in [-0.4, -0.2) is 17.1 Å². The number of nitrogens with one attached hydrogen (secondary N) is 1. The van der Waals surface area contributed by atoms with Crippen molar-refractivity contribution in [2.75, 3.05) is 0 Å². The first-order valence-electron chi connectivity index (χ1n) is 6.93. The summed E-state index contributed by atoms with van der Waals surface area (Å²) in [6.07, 6.45) is 4.89. The van der Waals surface area contributed by atoms with Crippen LogP contribution in [0.25, 0.3) is 0 Å². The van der Waals surface area contributed by atoms with Crippen LogP contribution in [0.5, 0.6) is 0 Å². The highest BCUT2D eigenvalue weighted by Crippen LogP contribution is 2.35. The topological polar surface area (TPSA) is 62.5 Å². The number of carboxylic acids is 1. The molecule has 0 aliphatic heterocycles. The number of carbonyl (C=O) groups is 1. The third kappa shape index (κ3) is 3.60. The summed E-state index contributed by atoms with van der Waals surface area (Å²) < 4.78 is 5.48. The Morgan fingerprint density at radius 2 is 2.32 bits per heavy atom. The van der Waals surface area contributed by atoms with Crippen molar-refractivity contribution in [2.24, 2.45) is 5.41 Å². The van der Waals surface area contributed by atoms with Crippen LogP contribution in [-0.2, 0) is 6.54 Å². The number of furan rings is 1. The van der Waals surface area contributed by atoms with Crippen LogP contribution >= 0.6 is 0 Å². The summed E-state index contributed by atoms with van der Waals surface area (Å²) >= 11 is 0. The van der Waals surface area contributed by atoms with Gasteiger partial charge < -0.3 is 14.8 Å². The fourth-order valence-corrected chi connectivity index (χ4v) is 2.96. The predicted octanol–water partition coefficient (Wildman–Crippen LogP) is 3.34. The van der Waals surface area contributed by atoms with E-state index in [9.17, 15) is 4.79 Å². The normalized spacial score (nSPS) is 22.4. The van der Waals surface area contributed by atoms with Gasteiger partial charge in [-0.3, -0.25) is 0 Å². The summed E-state index contributed by atoms with van der Waals surface area (Å²) in [7, 11) is 0. The van der Waals surface area contributed by atoms with E-state index in [1.54, 1.807) is 13.0 Å². The van der Waals surface area contributed by atoms with E-state index in [0.717, 1.165) is 0 Å². The van der Waals surface area contributed by atoms with Crippen LogP contribution in [0.1, 0.15) is 61.4 Å². The summed E-state index contributed by atoms with van der Waals surface area (Å²) in [6, 6.07) is 2.13. The molecule has 0 aromatic carbocycles. The number of carboxylic acid groups (broad SMARTS) is 1. The Morgan fingerprint density at radius 1 is 1.58 bits per heavy atom. The Hall–Kier alpha value is -1.29. The smallest absolute Gasteiger partial charge is 0.339 e. The van der Waals surface area contributed by atoms with Crippen molar-refractivity contribution in [1.29, 1.82) is 0 Å². The van der Waals surface area contributed by atoms with E-state index in [4.69, 9.17) is 9.52 Å². The second-order valence-electron chi connectivity index (χ2n) is 6.33. The van der Waals surface area contributed by atoms with E-state index >= 15 is 0 Å². The molecule has 1 aliphatic rings. The number of rotatable bonds is 4. The highest BCUT2D eigenvalue weighted by Gasteiger charge is 2.27. The first kappa shape index (κ1) is 14.1. The first-order valence-corrected chi connectivity index (χ1v) is 6.93. The molecule has 1 heterocycles. The number of aryl methyl sites for hydroxylation is 1. The molecule has 1 aromatic rings. The molecular weight excluding hydrogens is 242 g/mol. The molecule has 0 saturated heterocycles. The lowest BCUT2D eigenvalue weighted by atomic mass is 9.75. The van der Waals surface area contributed by atoms with Crippen LogP contribution in [0.15, 0.2) is 10.5 Å². The monoisotopic (exact) mass is 265 g/mol. The van der Waals surface area contributed by atoms with Crippen molar-refractivity contribution < 1.29 is 14.3 Å². The minimum Gasteiger partial charge on any atom is -0.478 e. The maximum atomic E-state index is 10.9. The standard InChI is InChI=1S/C15H23NO3/c1-10-13(14(17)18)7-12(19-10)9-16-11-5-4-6-15(2,3)8-11/h7,11,16H,4-6,8-9H2,1-3H3,(H,17,18). The fraction of sp³-hybridized carbons (Fsp3) is 0.667. The van der Waals surface area contributed by atoms with Crippen molar-refractivity contribution >= 4 is 5.97 Å². The molecule has 0 amide bonds. The summed E-state index contributed by atoms with van der Waals surface area (Å²) in [4.78, 5) is 10.9. The molecule has 4 nitrogen and oxygen atoms in total. The molecule has 2 N–H and O–H groups in total. The van der Waals surface area contributed by atoms with E-state index in [1.807, 2.05) is 0 Å². The van der Waals surface area contributed by atoms with Gasteiger partial charge in [0.05, 0.1) is 6.54 Å². The Bertz CT molecular complexity index is 462. The molecule has 4 heteroatoms. The minimum atomic E-state index is -0.925. The predicted molar refractivity (Wildman–Crippen MR) is 73.3 cm³/mol. The number of aromatic carboxylic acids is 1. The lowest BCUT2D eigenvalue weighted by Gasteiger charge is -2.35. The maximum absolute atomic E-state index is 10.9. The fourth-order valence-electron chi connectivity index (χ4n) is 2.96. The average Bonchev–Trinajstić information content (AvgIpc) is 2.67. The molecule has 19 heavy (non-hydrogen) atoms. The van der Waals surface area contributed by atoms with Crippen molar-refractivity contribution in [3.63, 3.8) is 0 Å². The van der Waals surface area contributed by atoms with Crippen LogP contribution in [0, 0.1) is 12.3 Å². The van der Waals surface area contributed by atoms with Gasteiger partial charge in [-0.2, -0.15) is 0 Å². The third-order valence-corrected chi connectivity index (χ3v) is 3.97. The van der Waals surface area contributed by atoms with Gasteiger partial charge in [-0.15, -0.1) is 0 Å². The van der Waals surface area contributed by atoms with Crippen molar-refractivity contribution in [1.82, 2.24) is 5.32 Å². The van der Waals surface area contributed by atoms with E-state index < -0.39 is 5.97 Å². The van der Waals surface area contributed by atoms with Crippen LogP contribution in [0.3, 0.4) is 0 Å². The Balaban J connectivity index is 1.92. The highest BCUT2D eigenvalue weighted by molar-refractivity contribution is 5.88. The summed E-state index contributed by atoms with van der Waals surface area (Å²) in [5.41, 5.74) is 0.669. The molecule has 1 atom stereocenters. The molecule has 0 bridgehead atoms. The first-order chi connectivity index (χ1) is 8.87. The molecule has 1 aromatic heterocycles. The zero-order valence-corrected chi connectivity index (χ0v) is 12.0. The van der Waals surface area contributed by atoms with E-state index in [-0.39, 0.29) is 5.56 Å². The van der Waals surface area contributed by atoms with Gasteiger partial charge in [0.15, 0.2) is 0 Å². The van der Waals surface area contributed by atoms with Gasteiger partial charge in [0.2, 0.25) is 0 Å². The Morgan fingerprint density at radius 3 is 2.89 bits per heavy atom. The van der Waals surface area contributed by atoms with Crippen LogP contribution in [0.4, 0.5) is 0 Å². The molecular formula is C15H23NO3. The van der Waals surface area contributed by atoms with E-state index in [0.29, 0.717) is 29.5 Å². The van der Waals surface area contributed by atoms with Gasteiger partial charge in [-0.1, -0.05) is 20.3 Å². The van der Waals surface area contributed by atoms with Gasteiger partial charge in [0.1, 0.15) is 17.1 Å². The Kier molecular flexibility index (Phi) is 3.99. The SMILES string of the molecule is Cc1oc(CNC2CCCC(C)(C)C2)cc1C(=O)O.